The number of likely N-dealkylation sites (N-methyl/N-ethyl adjacent to an activating group) is 1. The van der Waals surface area contributed by atoms with Crippen molar-refractivity contribution >= 4 is 22.7 Å². The van der Waals surface area contributed by atoms with E-state index >= 15 is 0 Å². The maximum absolute atomic E-state index is 13.3. The van der Waals surface area contributed by atoms with Crippen molar-refractivity contribution in [3.05, 3.63) is 70.7 Å². The lowest BCUT2D eigenvalue weighted by molar-refractivity contribution is -0.137. The fraction of sp³-hybridized carbons (Fsp3) is 0.273. The van der Waals surface area contributed by atoms with Crippen LogP contribution in [0.25, 0.3) is 22.7 Å². The second-order valence-electron chi connectivity index (χ2n) is 7.33. The first-order valence-electron chi connectivity index (χ1n) is 9.10. The molecule has 2 heterocycles. The van der Waals surface area contributed by atoms with Gasteiger partial charge in [0.1, 0.15) is 5.82 Å². The molecule has 0 unspecified atom stereocenters. The van der Waals surface area contributed by atoms with Crippen LogP contribution in [-0.2, 0) is 19.1 Å². The van der Waals surface area contributed by atoms with Crippen molar-refractivity contribution in [1.29, 1.82) is 0 Å². The van der Waals surface area contributed by atoms with Gasteiger partial charge in [-0.05, 0) is 54.9 Å². The minimum atomic E-state index is -4.39. The number of allylic oxidation sites excluding steroid dienone is 1. The highest BCUT2D eigenvalue weighted by atomic mass is 19.4. The summed E-state index contributed by atoms with van der Waals surface area (Å²) in [6.45, 7) is 3.43. The van der Waals surface area contributed by atoms with Crippen LogP contribution in [-0.4, -0.2) is 23.1 Å². The topological polar surface area (TPSA) is 8.17 Å². The van der Waals surface area contributed by atoms with E-state index in [0.29, 0.717) is 12.1 Å². The number of halogens is 4. The Hall–Kier alpha value is -2.60. The fourth-order valence-electron chi connectivity index (χ4n) is 3.83. The van der Waals surface area contributed by atoms with Crippen molar-refractivity contribution in [3.63, 3.8) is 0 Å². The first-order valence-corrected chi connectivity index (χ1v) is 9.10. The van der Waals surface area contributed by atoms with Crippen molar-refractivity contribution < 1.29 is 17.6 Å². The number of rotatable bonds is 2. The molecule has 0 saturated carbocycles. The number of aromatic nitrogens is 1. The number of alkyl halides is 3. The molecule has 0 fully saturated rings. The molecule has 2 nitrogen and oxygen atoms in total. The van der Waals surface area contributed by atoms with Crippen molar-refractivity contribution in [2.45, 2.75) is 26.1 Å². The molecule has 2 aromatic carbocycles. The summed E-state index contributed by atoms with van der Waals surface area (Å²) in [6.07, 6.45) is -1.77. The standard InChI is InChI=1S/C22H20F4N2/c1-14(15-3-6-17(23)7-4-15)12-28-20-9-10-27(2)13-19(20)18-8-5-16(11-21(18)28)22(24,25)26/h3-8,11-12H,9-10,13H2,1-2H3/b14-12-. The van der Waals surface area contributed by atoms with Gasteiger partial charge in [-0.3, -0.25) is 0 Å². The molecule has 0 radical (unpaired) electrons. The number of benzene rings is 2. The normalized spacial score (nSPS) is 15.9. The third-order valence-corrected chi connectivity index (χ3v) is 5.33. The fourth-order valence-corrected chi connectivity index (χ4v) is 3.83. The second kappa shape index (κ2) is 6.78. The van der Waals surface area contributed by atoms with Crippen LogP contribution in [0.4, 0.5) is 17.6 Å². The molecule has 6 heteroatoms. The van der Waals surface area contributed by atoms with Gasteiger partial charge >= 0.3 is 6.18 Å². The zero-order valence-corrected chi connectivity index (χ0v) is 15.6. The Kier molecular flexibility index (Phi) is 4.54. The van der Waals surface area contributed by atoms with Gasteiger partial charge < -0.3 is 9.47 Å². The predicted molar refractivity (Wildman–Crippen MR) is 103 cm³/mol. The van der Waals surface area contributed by atoms with Crippen LogP contribution in [0.5, 0.6) is 0 Å². The smallest absolute Gasteiger partial charge is 0.320 e. The first kappa shape index (κ1) is 18.7. The Morgan fingerprint density at radius 1 is 1.07 bits per heavy atom. The zero-order valence-electron chi connectivity index (χ0n) is 15.6. The summed E-state index contributed by atoms with van der Waals surface area (Å²) in [5.41, 5.74) is 3.69. The summed E-state index contributed by atoms with van der Waals surface area (Å²) in [5, 5.41) is 0.845. The third-order valence-electron chi connectivity index (χ3n) is 5.33. The zero-order chi connectivity index (χ0) is 20.1. The molecule has 146 valence electrons. The Labute approximate surface area is 160 Å². The maximum Gasteiger partial charge on any atom is 0.416 e. The van der Waals surface area contributed by atoms with Crippen molar-refractivity contribution in [3.8, 4) is 0 Å². The lowest BCUT2D eigenvalue weighted by Crippen LogP contribution is -2.26. The molecule has 1 aliphatic heterocycles. The molecule has 0 amide bonds. The summed E-state index contributed by atoms with van der Waals surface area (Å²) in [4.78, 5) is 2.17. The minimum Gasteiger partial charge on any atom is -0.320 e. The Morgan fingerprint density at radius 3 is 2.46 bits per heavy atom. The monoisotopic (exact) mass is 388 g/mol. The average Bonchev–Trinajstić information content (AvgIpc) is 2.94. The highest BCUT2D eigenvalue weighted by Gasteiger charge is 2.32. The Morgan fingerprint density at radius 2 is 1.79 bits per heavy atom. The van der Waals surface area contributed by atoms with Gasteiger partial charge in [-0.25, -0.2) is 4.39 Å². The second-order valence-corrected chi connectivity index (χ2v) is 7.33. The van der Waals surface area contributed by atoms with Gasteiger partial charge in [0, 0.05) is 36.8 Å². The van der Waals surface area contributed by atoms with Gasteiger partial charge in [0.2, 0.25) is 0 Å². The Bertz CT molecular complexity index is 1060. The average molecular weight is 388 g/mol. The molecule has 0 bridgehead atoms. The molecule has 1 aromatic heterocycles. The highest BCUT2D eigenvalue weighted by Crippen LogP contribution is 2.36. The van der Waals surface area contributed by atoms with E-state index in [1.54, 1.807) is 18.2 Å². The van der Waals surface area contributed by atoms with Crippen LogP contribution in [0.2, 0.25) is 0 Å². The SMILES string of the molecule is C/C(=C/n1c2c(c3ccc(C(F)(F)F)cc31)CN(C)CC2)c1ccc(F)cc1. The van der Waals surface area contributed by atoms with Gasteiger partial charge in [0.05, 0.1) is 11.1 Å². The number of hydrogen-bond acceptors (Lipinski definition) is 1. The van der Waals surface area contributed by atoms with E-state index in [1.807, 2.05) is 24.7 Å². The predicted octanol–water partition coefficient (Wildman–Crippen LogP) is 5.81. The van der Waals surface area contributed by atoms with Crippen molar-refractivity contribution in [2.24, 2.45) is 0 Å². The molecule has 0 atom stereocenters. The quantitative estimate of drug-likeness (QED) is 0.504. The summed E-state index contributed by atoms with van der Waals surface area (Å²) in [6, 6.07) is 10.1. The van der Waals surface area contributed by atoms with E-state index in [9.17, 15) is 17.6 Å². The number of hydrogen-bond donors (Lipinski definition) is 0. The molecule has 0 aliphatic carbocycles. The molecule has 0 saturated heterocycles. The number of fused-ring (bicyclic) bond motifs is 3. The van der Waals surface area contributed by atoms with Crippen LogP contribution in [0.1, 0.15) is 29.3 Å². The third kappa shape index (κ3) is 3.33. The minimum absolute atomic E-state index is 0.321. The molecule has 3 aromatic rings. The van der Waals surface area contributed by atoms with Crippen molar-refractivity contribution in [1.82, 2.24) is 9.47 Å². The molecule has 4 rings (SSSR count). The lowest BCUT2D eigenvalue weighted by Gasteiger charge is -2.23. The van der Waals surface area contributed by atoms with Gasteiger partial charge in [-0.1, -0.05) is 18.2 Å². The largest absolute Gasteiger partial charge is 0.416 e. The van der Waals surface area contributed by atoms with Crippen LogP contribution in [0.3, 0.4) is 0 Å². The highest BCUT2D eigenvalue weighted by molar-refractivity contribution is 5.90. The van der Waals surface area contributed by atoms with E-state index in [2.05, 4.69) is 4.90 Å². The maximum atomic E-state index is 13.3. The van der Waals surface area contributed by atoms with Crippen LogP contribution >= 0.6 is 0 Å². The van der Waals surface area contributed by atoms with E-state index in [1.165, 1.54) is 18.2 Å². The summed E-state index contributed by atoms with van der Waals surface area (Å²) in [7, 11) is 2.01. The van der Waals surface area contributed by atoms with E-state index in [4.69, 9.17) is 0 Å². The van der Waals surface area contributed by atoms with Crippen LogP contribution < -0.4 is 0 Å². The van der Waals surface area contributed by atoms with Crippen LogP contribution in [0, 0.1) is 5.82 Å². The van der Waals surface area contributed by atoms with Gasteiger partial charge in [0.15, 0.2) is 0 Å². The van der Waals surface area contributed by atoms with E-state index < -0.39 is 11.7 Å². The van der Waals surface area contributed by atoms with Crippen LogP contribution in [0.15, 0.2) is 42.5 Å². The van der Waals surface area contributed by atoms with Gasteiger partial charge in [-0.2, -0.15) is 13.2 Å². The summed E-state index contributed by atoms with van der Waals surface area (Å²) < 4.78 is 55.0. The summed E-state index contributed by atoms with van der Waals surface area (Å²) >= 11 is 0. The van der Waals surface area contributed by atoms with E-state index in [-0.39, 0.29) is 5.82 Å². The molecule has 28 heavy (non-hydrogen) atoms. The Balaban J connectivity index is 1.92. The number of nitrogens with zero attached hydrogens (tertiary/aromatic N) is 2. The molecule has 0 N–H and O–H groups in total. The summed E-state index contributed by atoms with van der Waals surface area (Å²) in [5.74, 6) is -0.321. The van der Waals surface area contributed by atoms with E-state index in [0.717, 1.165) is 46.8 Å². The molecule has 0 spiro atoms. The molecule has 1 aliphatic rings. The molecular weight excluding hydrogens is 368 g/mol. The van der Waals surface area contributed by atoms with Gasteiger partial charge in [0.25, 0.3) is 0 Å². The first-order chi connectivity index (χ1) is 13.2. The van der Waals surface area contributed by atoms with Gasteiger partial charge in [-0.15, -0.1) is 0 Å². The molecular formula is C22H20F4N2. The lowest BCUT2D eigenvalue weighted by atomic mass is 10.0. The van der Waals surface area contributed by atoms with Crippen molar-refractivity contribution in [2.75, 3.05) is 13.6 Å².